The molecule has 0 bridgehead atoms. The Morgan fingerprint density at radius 3 is 2.52 bits per heavy atom. The maximum absolute atomic E-state index is 12.3. The summed E-state index contributed by atoms with van der Waals surface area (Å²) < 4.78 is 0. The van der Waals surface area contributed by atoms with Crippen molar-refractivity contribution in [1.82, 2.24) is 9.97 Å². The number of nitrogens with one attached hydrogen (secondary N) is 1. The lowest BCUT2D eigenvalue weighted by molar-refractivity contribution is -0.116. The number of amides is 1. The highest BCUT2D eigenvalue weighted by molar-refractivity contribution is 5.99. The smallest absolute Gasteiger partial charge is 0.229 e. The average molecular weight is 309 g/mol. The van der Waals surface area contributed by atoms with Crippen molar-refractivity contribution in [3.05, 3.63) is 53.3 Å². The SMILES string of the molecule is O=C(CCC(=O)c1ccc2c(c1)CCCC2)Nc1ncccn1. The third kappa shape index (κ3) is 4.00. The van der Waals surface area contributed by atoms with E-state index in [4.69, 9.17) is 0 Å². The van der Waals surface area contributed by atoms with Crippen molar-refractivity contribution in [2.24, 2.45) is 0 Å². The number of aryl methyl sites for hydroxylation is 2. The maximum atomic E-state index is 12.3. The molecule has 0 spiro atoms. The minimum Gasteiger partial charge on any atom is -0.295 e. The van der Waals surface area contributed by atoms with Crippen molar-refractivity contribution in [3.8, 4) is 0 Å². The molecular weight excluding hydrogens is 290 g/mol. The molecule has 1 amide bonds. The van der Waals surface area contributed by atoms with Crippen molar-refractivity contribution >= 4 is 17.6 Å². The Kier molecular flexibility index (Phi) is 4.76. The first-order valence-electron chi connectivity index (χ1n) is 7.94. The lowest BCUT2D eigenvalue weighted by atomic mass is 9.89. The van der Waals surface area contributed by atoms with E-state index in [-0.39, 0.29) is 30.5 Å². The molecule has 3 rings (SSSR count). The van der Waals surface area contributed by atoms with Crippen molar-refractivity contribution in [2.75, 3.05) is 5.32 Å². The summed E-state index contributed by atoms with van der Waals surface area (Å²) in [6.07, 6.45) is 7.99. The van der Waals surface area contributed by atoms with Crippen molar-refractivity contribution in [3.63, 3.8) is 0 Å². The van der Waals surface area contributed by atoms with E-state index < -0.39 is 0 Å². The van der Waals surface area contributed by atoms with E-state index >= 15 is 0 Å². The van der Waals surface area contributed by atoms with Crippen LogP contribution in [0.4, 0.5) is 5.95 Å². The summed E-state index contributed by atoms with van der Waals surface area (Å²) in [6, 6.07) is 7.61. The molecule has 5 nitrogen and oxygen atoms in total. The maximum Gasteiger partial charge on any atom is 0.229 e. The van der Waals surface area contributed by atoms with Crippen LogP contribution in [0.2, 0.25) is 0 Å². The zero-order valence-corrected chi connectivity index (χ0v) is 12.9. The lowest BCUT2D eigenvalue weighted by Crippen LogP contribution is -2.15. The van der Waals surface area contributed by atoms with Crippen LogP contribution in [0.25, 0.3) is 0 Å². The molecule has 1 aliphatic carbocycles. The summed E-state index contributed by atoms with van der Waals surface area (Å²) in [5.41, 5.74) is 3.34. The third-order valence-electron chi connectivity index (χ3n) is 4.07. The number of hydrogen-bond acceptors (Lipinski definition) is 4. The van der Waals surface area contributed by atoms with Crippen LogP contribution in [0.5, 0.6) is 0 Å². The van der Waals surface area contributed by atoms with E-state index in [0.717, 1.165) is 12.8 Å². The van der Waals surface area contributed by atoms with Crippen LogP contribution in [-0.2, 0) is 17.6 Å². The molecule has 0 unspecified atom stereocenters. The quantitative estimate of drug-likeness (QED) is 0.862. The Labute approximate surface area is 135 Å². The third-order valence-corrected chi connectivity index (χ3v) is 4.07. The van der Waals surface area contributed by atoms with E-state index in [1.165, 1.54) is 24.0 Å². The van der Waals surface area contributed by atoms with Crippen molar-refractivity contribution in [2.45, 2.75) is 38.5 Å². The first-order chi connectivity index (χ1) is 11.2. The number of aromatic nitrogens is 2. The topological polar surface area (TPSA) is 72.0 Å². The molecule has 1 heterocycles. The number of anilines is 1. The second-order valence-corrected chi connectivity index (χ2v) is 5.73. The minimum atomic E-state index is -0.248. The van der Waals surface area contributed by atoms with Gasteiger partial charge in [-0.25, -0.2) is 9.97 Å². The van der Waals surface area contributed by atoms with Gasteiger partial charge in [0.2, 0.25) is 11.9 Å². The summed E-state index contributed by atoms with van der Waals surface area (Å²) in [7, 11) is 0. The van der Waals surface area contributed by atoms with Crippen LogP contribution in [0.15, 0.2) is 36.7 Å². The molecule has 0 saturated heterocycles. The molecule has 5 heteroatoms. The lowest BCUT2D eigenvalue weighted by Gasteiger charge is -2.16. The van der Waals surface area contributed by atoms with Gasteiger partial charge >= 0.3 is 0 Å². The van der Waals surface area contributed by atoms with Crippen molar-refractivity contribution in [1.29, 1.82) is 0 Å². The fraction of sp³-hybridized carbons (Fsp3) is 0.333. The van der Waals surface area contributed by atoms with Gasteiger partial charge in [0, 0.05) is 30.8 Å². The largest absolute Gasteiger partial charge is 0.295 e. The number of ketones is 1. The van der Waals surface area contributed by atoms with Gasteiger partial charge in [-0.05, 0) is 48.9 Å². The second-order valence-electron chi connectivity index (χ2n) is 5.73. The summed E-state index contributed by atoms with van der Waals surface area (Å²) in [5, 5.41) is 2.59. The van der Waals surface area contributed by atoms with Gasteiger partial charge in [0.1, 0.15) is 0 Å². The molecular formula is C18H19N3O2. The van der Waals surface area contributed by atoms with Gasteiger partial charge in [-0.15, -0.1) is 0 Å². The number of carbonyl (C=O) groups is 2. The fourth-order valence-corrected chi connectivity index (χ4v) is 2.83. The highest BCUT2D eigenvalue weighted by Crippen LogP contribution is 2.23. The number of rotatable bonds is 5. The standard InChI is InChI=1S/C18H19N3O2/c22-16(8-9-17(23)21-18-19-10-3-11-20-18)15-7-6-13-4-1-2-5-14(13)12-15/h3,6-7,10-12H,1-2,4-5,8-9H2,(H,19,20,21,23). The normalized spacial score (nSPS) is 13.2. The minimum absolute atomic E-state index is 0.00232. The van der Waals surface area contributed by atoms with Crippen LogP contribution in [-0.4, -0.2) is 21.7 Å². The molecule has 1 aliphatic rings. The number of nitrogens with zero attached hydrogens (tertiary/aromatic N) is 2. The molecule has 23 heavy (non-hydrogen) atoms. The Balaban J connectivity index is 1.56. The van der Waals surface area contributed by atoms with Crippen LogP contribution in [0.1, 0.15) is 47.2 Å². The summed E-state index contributed by atoms with van der Waals surface area (Å²) in [6.45, 7) is 0. The van der Waals surface area contributed by atoms with Crippen LogP contribution < -0.4 is 5.32 Å². The highest BCUT2D eigenvalue weighted by atomic mass is 16.2. The number of hydrogen-bond donors (Lipinski definition) is 1. The molecule has 0 atom stereocenters. The van der Waals surface area contributed by atoms with E-state index in [2.05, 4.69) is 21.4 Å². The predicted octanol–water partition coefficient (Wildman–Crippen LogP) is 2.96. The number of fused-ring (bicyclic) bond motifs is 1. The van der Waals surface area contributed by atoms with E-state index in [1.807, 2.05) is 12.1 Å². The van der Waals surface area contributed by atoms with Crippen LogP contribution >= 0.6 is 0 Å². The summed E-state index contributed by atoms with van der Waals surface area (Å²) in [4.78, 5) is 32.0. The first kappa shape index (κ1) is 15.3. The van der Waals surface area contributed by atoms with E-state index in [1.54, 1.807) is 18.5 Å². The van der Waals surface area contributed by atoms with Gasteiger partial charge in [0.05, 0.1) is 0 Å². The van der Waals surface area contributed by atoms with Crippen LogP contribution in [0.3, 0.4) is 0 Å². The van der Waals surface area contributed by atoms with E-state index in [9.17, 15) is 9.59 Å². The average Bonchev–Trinajstić information content (AvgIpc) is 2.60. The zero-order chi connectivity index (χ0) is 16.1. The number of carbonyl (C=O) groups excluding carboxylic acids is 2. The van der Waals surface area contributed by atoms with Gasteiger partial charge in [-0.1, -0.05) is 12.1 Å². The predicted molar refractivity (Wildman–Crippen MR) is 87.3 cm³/mol. The van der Waals surface area contributed by atoms with Crippen molar-refractivity contribution < 1.29 is 9.59 Å². The molecule has 0 saturated carbocycles. The zero-order valence-electron chi connectivity index (χ0n) is 12.9. The number of Topliss-reactive ketones (excluding diaryl/α,β-unsaturated/α-hetero) is 1. The van der Waals surface area contributed by atoms with Crippen LogP contribution in [0, 0.1) is 0 Å². The fourth-order valence-electron chi connectivity index (χ4n) is 2.83. The molecule has 1 N–H and O–H groups in total. The molecule has 1 aromatic heterocycles. The molecule has 0 aliphatic heterocycles. The molecule has 2 aromatic rings. The van der Waals surface area contributed by atoms with Gasteiger partial charge in [0.25, 0.3) is 0 Å². The summed E-state index contributed by atoms with van der Waals surface area (Å²) in [5.74, 6) is 0.0174. The highest BCUT2D eigenvalue weighted by Gasteiger charge is 2.14. The van der Waals surface area contributed by atoms with Gasteiger partial charge in [-0.2, -0.15) is 0 Å². The van der Waals surface area contributed by atoms with Gasteiger partial charge in [-0.3, -0.25) is 14.9 Å². The van der Waals surface area contributed by atoms with Gasteiger partial charge in [0.15, 0.2) is 5.78 Å². The molecule has 0 fully saturated rings. The van der Waals surface area contributed by atoms with E-state index in [0.29, 0.717) is 5.56 Å². The molecule has 0 radical (unpaired) electrons. The molecule has 118 valence electrons. The Bertz CT molecular complexity index is 713. The molecule has 1 aromatic carbocycles. The second kappa shape index (κ2) is 7.13. The Hall–Kier alpha value is -2.56. The monoisotopic (exact) mass is 309 g/mol. The summed E-state index contributed by atoms with van der Waals surface area (Å²) >= 11 is 0. The Morgan fingerprint density at radius 2 is 1.74 bits per heavy atom. The first-order valence-corrected chi connectivity index (χ1v) is 7.94. The van der Waals surface area contributed by atoms with Gasteiger partial charge < -0.3 is 0 Å². The number of benzene rings is 1. The Morgan fingerprint density at radius 1 is 1.00 bits per heavy atom.